The van der Waals surface area contributed by atoms with E-state index in [0.29, 0.717) is 19.6 Å². The lowest BCUT2D eigenvalue weighted by molar-refractivity contribution is -0.143. The van der Waals surface area contributed by atoms with E-state index in [-0.39, 0.29) is 17.8 Å². The van der Waals surface area contributed by atoms with Crippen LogP contribution in [0.25, 0.3) is 0 Å². The number of nitrogens with zero attached hydrogens (tertiary/aromatic N) is 2. The summed E-state index contributed by atoms with van der Waals surface area (Å²) in [6, 6.07) is 1.57. The summed E-state index contributed by atoms with van der Waals surface area (Å²) >= 11 is 0. The number of benzene rings is 1. The number of alkyl halides is 6. The second kappa shape index (κ2) is 5.64. The normalized spacial score (nSPS) is 21.3. The van der Waals surface area contributed by atoms with Crippen molar-refractivity contribution in [3.05, 3.63) is 29.3 Å². The molecule has 1 fully saturated rings. The molecule has 1 saturated heterocycles. The standard InChI is InChI=1S/C14H16F6N2/c1-9-8-21(2)3-4-22(9)12-6-10(13(15,16)17)5-11(7-12)14(18,19)20/h5-7,9H,3-4,8H2,1-2H3/t9-/m0/s1. The van der Waals surface area contributed by atoms with Crippen molar-refractivity contribution in [2.24, 2.45) is 0 Å². The zero-order valence-electron chi connectivity index (χ0n) is 12.1. The van der Waals surface area contributed by atoms with E-state index in [2.05, 4.69) is 0 Å². The van der Waals surface area contributed by atoms with Gasteiger partial charge in [-0.1, -0.05) is 0 Å². The zero-order valence-corrected chi connectivity index (χ0v) is 12.1. The van der Waals surface area contributed by atoms with Crippen LogP contribution in [-0.2, 0) is 12.4 Å². The van der Waals surface area contributed by atoms with Crippen LogP contribution >= 0.6 is 0 Å². The first kappa shape index (κ1) is 16.9. The third-order valence-corrected chi connectivity index (χ3v) is 3.73. The van der Waals surface area contributed by atoms with Crippen LogP contribution < -0.4 is 4.90 Å². The van der Waals surface area contributed by atoms with Gasteiger partial charge >= 0.3 is 12.4 Å². The van der Waals surface area contributed by atoms with E-state index >= 15 is 0 Å². The number of hydrogen-bond donors (Lipinski definition) is 0. The summed E-state index contributed by atoms with van der Waals surface area (Å²) in [5.74, 6) is 0. The molecule has 0 aliphatic carbocycles. The highest BCUT2D eigenvalue weighted by atomic mass is 19.4. The number of anilines is 1. The van der Waals surface area contributed by atoms with E-state index in [4.69, 9.17) is 0 Å². The topological polar surface area (TPSA) is 6.48 Å². The maximum absolute atomic E-state index is 12.9. The Morgan fingerprint density at radius 2 is 1.41 bits per heavy atom. The molecule has 1 heterocycles. The average molecular weight is 326 g/mol. The Morgan fingerprint density at radius 3 is 1.82 bits per heavy atom. The van der Waals surface area contributed by atoms with E-state index < -0.39 is 23.5 Å². The molecule has 2 nitrogen and oxygen atoms in total. The van der Waals surface area contributed by atoms with Crippen molar-refractivity contribution in [2.45, 2.75) is 25.3 Å². The summed E-state index contributed by atoms with van der Waals surface area (Å²) in [5.41, 5.74) is -2.59. The minimum Gasteiger partial charge on any atom is -0.366 e. The van der Waals surface area contributed by atoms with Gasteiger partial charge in [0, 0.05) is 31.4 Å². The second-order valence-corrected chi connectivity index (χ2v) is 5.57. The van der Waals surface area contributed by atoms with Gasteiger partial charge in [-0.2, -0.15) is 26.3 Å². The molecule has 1 atom stereocenters. The van der Waals surface area contributed by atoms with Crippen molar-refractivity contribution in [3.63, 3.8) is 0 Å². The molecule has 0 N–H and O–H groups in total. The maximum Gasteiger partial charge on any atom is 0.416 e. The fourth-order valence-electron chi connectivity index (χ4n) is 2.63. The van der Waals surface area contributed by atoms with Crippen LogP contribution in [-0.4, -0.2) is 37.6 Å². The van der Waals surface area contributed by atoms with Gasteiger partial charge in [0.05, 0.1) is 11.1 Å². The molecule has 1 aliphatic rings. The van der Waals surface area contributed by atoms with Gasteiger partial charge in [-0.3, -0.25) is 0 Å². The molecule has 1 aliphatic heterocycles. The summed E-state index contributed by atoms with van der Waals surface area (Å²) in [6.07, 6.45) is -9.63. The number of likely N-dealkylation sites (N-methyl/N-ethyl adjacent to an activating group) is 1. The van der Waals surface area contributed by atoms with Gasteiger partial charge < -0.3 is 9.80 Å². The molecule has 0 radical (unpaired) electrons. The molecule has 1 aromatic rings. The van der Waals surface area contributed by atoms with Crippen molar-refractivity contribution in [2.75, 3.05) is 31.6 Å². The van der Waals surface area contributed by atoms with Crippen molar-refractivity contribution in [1.29, 1.82) is 0 Å². The quantitative estimate of drug-likeness (QED) is 0.723. The van der Waals surface area contributed by atoms with Gasteiger partial charge in [0.2, 0.25) is 0 Å². The highest BCUT2D eigenvalue weighted by Gasteiger charge is 2.38. The number of hydrogen-bond acceptors (Lipinski definition) is 2. The fraction of sp³-hybridized carbons (Fsp3) is 0.571. The molecule has 124 valence electrons. The van der Waals surface area contributed by atoms with Gasteiger partial charge in [0.1, 0.15) is 0 Å². The summed E-state index contributed by atoms with van der Waals surface area (Å²) < 4.78 is 77.2. The largest absolute Gasteiger partial charge is 0.416 e. The van der Waals surface area contributed by atoms with Gasteiger partial charge in [-0.15, -0.1) is 0 Å². The summed E-state index contributed by atoms with van der Waals surface area (Å²) in [7, 11) is 1.86. The summed E-state index contributed by atoms with van der Waals surface area (Å²) in [5, 5.41) is 0. The minimum absolute atomic E-state index is 0.0391. The lowest BCUT2D eigenvalue weighted by atomic mass is 10.1. The summed E-state index contributed by atoms with van der Waals surface area (Å²) in [6.45, 7) is 3.33. The zero-order chi connectivity index (χ0) is 16.7. The van der Waals surface area contributed by atoms with Gasteiger partial charge in [0.25, 0.3) is 0 Å². The lowest BCUT2D eigenvalue weighted by Gasteiger charge is -2.40. The highest BCUT2D eigenvalue weighted by Crippen LogP contribution is 2.38. The van der Waals surface area contributed by atoms with Crippen LogP contribution in [0.15, 0.2) is 18.2 Å². The first-order valence-electron chi connectivity index (χ1n) is 6.73. The molecule has 0 spiro atoms. The van der Waals surface area contributed by atoms with Gasteiger partial charge in [0.15, 0.2) is 0 Å². The Bertz CT molecular complexity index is 505. The third-order valence-electron chi connectivity index (χ3n) is 3.73. The Kier molecular flexibility index (Phi) is 4.34. The smallest absolute Gasteiger partial charge is 0.366 e. The van der Waals surface area contributed by atoms with E-state index in [1.807, 2.05) is 11.9 Å². The Balaban J connectivity index is 2.46. The molecule has 0 amide bonds. The Labute approximate surface area is 124 Å². The molecular weight excluding hydrogens is 310 g/mol. The van der Waals surface area contributed by atoms with Gasteiger partial charge in [-0.05, 0) is 32.2 Å². The lowest BCUT2D eigenvalue weighted by Crippen LogP contribution is -2.50. The number of rotatable bonds is 1. The molecule has 2 rings (SSSR count). The SMILES string of the molecule is C[C@H]1CN(C)CCN1c1cc(C(F)(F)F)cc(C(F)(F)F)c1. The van der Waals surface area contributed by atoms with E-state index in [0.717, 1.165) is 12.1 Å². The molecule has 0 aromatic heterocycles. The van der Waals surface area contributed by atoms with Crippen molar-refractivity contribution in [1.82, 2.24) is 4.90 Å². The predicted molar refractivity (Wildman–Crippen MR) is 70.8 cm³/mol. The van der Waals surface area contributed by atoms with Crippen molar-refractivity contribution >= 4 is 5.69 Å². The first-order chi connectivity index (χ1) is 9.98. The number of halogens is 6. The van der Waals surface area contributed by atoms with Crippen molar-refractivity contribution in [3.8, 4) is 0 Å². The Morgan fingerprint density at radius 1 is 0.909 bits per heavy atom. The fourth-order valence-corrected chi connectivity index (χ4v) is 2.63. The van der Waals surface area contributed by atoms with E-state index in [9.17, 15) is 26.3 Å². The molecule has 0 saturated carbocycles. The molecule has 0 bridgehead atoms. The molecule has 0 unspecified atom stereocenters. The van der Waals surface area contributed by atoms with Crippen LogP contribution in [0.1, 0.15) is 18.1 Å². The highest BCUT2D eigenvalue weighted by molar-refractivity contribution is 5.53. The maximum atomic E-state index is 12.9. The number of piperazine rings is 1. The molecule has 22 heavy (non-hydrogen) atoms. The monoisotopic (exact) mass is 326 g/mol. The third kappa shape index (κ3) is 3.66. The van der Waals surface area contributed by atoms with Crippen LogP contribution in [0.4, 0.5) is 32.0 Å². The van der Waals surface area contributed by atoms with Crippen LogP contribution in [0, 0.1) is 0 Å². The average Bonchev–Trinajstić information content (AvgIpc) is 2.36. The van der Waals surface area contributed by atoms with Gasteiger partial charge in [-0.25, -0.2) is 0 Å². The van der Waals surface area contributed by atoms with Crippen LogP contribution in [0.5, 0.6) is 0 Å². The minimum atomic E-state index is -4.81. The van der Waals surface area contributed by atoms with E-state index in [1.165, 1.54) is 0 Å². The van der Waals surface area contributed by atoms with E-state index in [1.54, 1.807) is 11.8 Å². The van der Waals surface area contributed by atoms with Crippen molar-refractivity contribution < 1.29 is 26.3 Å². The predicted octanol–water partition coefficient (Wildman–Crippen LogP) is 3.86. The second-order valence-electron chi connectivity index (χ2n) is 5.57. The molecule has 1 aromatic carbocycles. The molecule has 8 heteroatoms. The Hall–Kier alpha value is -1.44. The summed E-state index contributed by atoms with van der Waals surface area (Å²) in [4.78, 5) is 3.57. The molecular formula is C14H16F6N2. The van der Waals surface area contributed by atoms with Crippen LogP contribution in [0.2, 0.25) is 0 Å². The van der Waals surface area contributed by atoms with Crippen LogP contribution in [0.3, 0.4) is 0 Å². The first-order valence-corrected chi connectivity index (χ1v) is 6.73.